The summed E-state index contributed by atoms with van der Waals surface area (Å²) < 4.78 is 54.4. The summed E-state index contributed by atoms with van der Waals surface area (Å²) in [6.45, 7) is 7.49. The second kappa shape index (κ2) is 12.7. The average molecular weight is 587 g/mol. The summed E-state index contributed by atoms with van der Waals surface area (Å²) in [7, 11) is 0. The molecule has 8 nitrogen and oxygen atoms in total. The molecule has 2 aliphatic heterocycles. The lowest BCUT2D eigenvalue weighted by atomic mass is 10.0. The summed E-state index contributed by atoms with van der Waals surface area (Å²) in [5, 5.41) is 14.0. The second-order valence-corrected chi connectivity index (χ2v) is 11.1. The van der Waals surface area contributed by atoms with Crippen LogP contribution in [0.2, 0.25) is 0 Å². The third kappa shape index (κ3) is 6.57. The van der Waals surface area contributed by atoms with Crippen molar-refractivity contribution in [3.05, 3.63) is 59.5 Å². The van der Waals surface area contributed by atoms with Crippen LogP contribution in [0.25, 0.3) is 10.9 Å². The minimum atomic E-state index is -2.91. The van der Waals surface area contributed by atoms with E-state index in [1.54, 1.807) is 37.9 Å². The van der Waals surface area contributed by atoms with E-state index in [0.29, 0.717) is 67.1 Å². The Kier molecular flexibility index (Phi) is 9.08. The molecule has 5 rings (SSSR count). The summed E-state index contributed by atoms with van der Waals surface area (Å²) in [6, 6.07) is 8.81. The molecule has 226 valence electrons. The van der Waals surface area contributed by atoms with Crippen LogP contribution in [0.5, 0.6) is 11.5 Å². The molecule has 2 saturated heterocycles. The van der Waals surface area contributed by atoms with Gasteiger partial charge in [-0.05, 0) is 32.4 Å². The fourth-order valence-electron chi connectivity index (χ4n) is 5.68. The maximum Gasteiger partial charge on any atom is 0.266 e. The molecule has 3 atom stereocenters. The summed E-state index contributed by atoms with van der Waals surface area (Å²) in [5.74, 6) is 0.174. The lowest BCUT2D eigenvalue weighted by Gasteiger charge is -2.32. The molecule has 0 spiro atoms. The van der Waals surface area contributed by atoms with Gasteiger partial charge in [0.2, 0.25) is 5.91 Å². The number of piperidine rings is 1. The van der Waals surface area contributed by atoms with E-state index in [2.05, 4.69) is 10.3 Å². The standard InChI is InChI=1S/C31H37F3N4O4/c1-18(23-5-4-6-24(30(23)32)31(33)34)36-26-7-11-35-27-16-29(41-21-8-12-37(13-9-21)19(2)39)28(15-25(26)27)42-22-10-14-38(17-22)20(3)40/h4-7,11,15-16,18,20-22,31,40H,8-10,12-14,17H2,1-3H3,(H,35,36)/t18-,20?,22+/m1/s1. The number of benzene rings is 2. The zero-order valence-corrected chi connectivity index (χ0v) is 24.0. The van der Waals surface area contributed by atoms with Crippen molar-refractivity contribution in [1.29, 1.82) is 0 Å². The zero-order chi connectivity index (χ0) is 30.0. The Morgan fingerprint density at radius 1 is 1.02 bits per heavy atom. The quantitative estimate of drug-likeness (QED) is 0.334. The number of ether oxygens (including phenoxy) is 2. The third-order valence-electron chi connectivity index (χ3n) is 8.12. The number of likely N-dealkylation sites (tertiary alicyclic amines) is 2. The normalized spacial score (nSPS) is 19.7. The van der Waals surface area contributed by atoms with Crippen LogP contribution in [0.4, 0.5) is 18.9 Å². The molecule has 2 fully saturated rings. The molecule has 3 heterocycles. The van der Waals surface area contributed by atoms with Crippen molar-refractivity contribution in [3.63, 3.8) is 0 Å². The van der Waals surface area contributed by atoms with Gasteiger partial charge in [-0.1, -0.05) is 18.2 Å². The van der Waals surface area contributed by atoms with Crippen LogP contribution in [0, 0.1) is 5.82 Å². The van der Waals surface area contributed by atoms with Crippen molar-refractivity contribution >= 4 is 22.5 Å². The minimum absolute atomic E-state index is 0.0475. The molecule has 1 amide bonds. The number of rotatable bonds is 9. The highest BCUT2D eigenvalue weighted by Crippen LogP contribution is 2.39. The number of hydrogen-bond donors (Lipinski definition) is 2. The van der Waals surface area contributed by atoms with E-state index >= 15 is 0 Å². The first-order valence-electron chi connectivity index (χ1n) is 14.4. The topological polar surface area (TPSA) is 87.2 Å². The Balaban J connectivity index is 1.45. The lowest BCUT2D eigenvalue weighted by molar-refractivity contribution is -0.130. The van der Waals surface area contributed by atoms with Gasteiger partial charge in [-0.3, -0.25) is 14.7 Å². The SMILES string of the molecule is CC(=O)N1CCC(Oc2cc3nccc(N[C@H](C)c4cccc(C(F)F)c4F)c3cc2O[C@H]2CCN(C(C)O)C2)CC1. The monoisotopic (exact) mass is 586 g/mol. The highest BCUT2D eigenvalue weighted by Gasteiger charge is 2.29. The predicted octanol–water partition coefficient (Wildman–Crippen LogP) is 5.67. The highest BCUT2D eigenvalue weighted by atomic mass is 19.3. The maximum atomic E-state index is 14.9. The Morgan fingerprint density at radius 2 is 1.69 bits per heavy atom. The third-order valence-corrected chi connectivity index (χ3v) is 8.12. The van der Waals surface area contributed by atoms with Gasteiger partial charge in [-0.15, -0.1) is 0 Å². The Labute approximate surface area is 243 Å². The van der Waals surface area contributed by atoms with Crippen molar-refractivity contribution in [3.8, 4) is 11.5 Å². The largest absolute Gasteiger partial charge is 0.486 e. The summed E-state index contributed by atoms with van der Waals surface area (Å²) >= 11 is 0. The van der Waals surface area contributed by atoms with Gasteiger partial charge in [0.1, 0.15) is 24.3 Å². The molecule has 42 heavy (non-hydrogen) atoms. The predicted molar refractivity (Wildman–Crippen MR) is 153 cm³/mol. The van der Waals surface area contributed by atoms with Gasteiger partial charge in [-0.2, -0.15) is 0 Å². The first-order chi connectivity index (χ1) is 20.1. The number of amides is 1. The fourth-order valence-corrected chi connectivity index (χ4v) is 5.68. The van der Waals surface area contributed by atoms with Crippen LogP contribution in [0.15, 0.2) is 42.6 Å². The van der Waals surface area contributed by atoms with Crippen LogP contribution < -0.4 is 14.8 Å². The zero-order valence-electron chi connectivity index (χ0n) is 24.0. The highest BCUT2D eigenvalue weighted by molar-refractivity contribution is 5.93. The molecule has 0 aliphatic carbocycles. The van der Waals surface area contributed by atoms with Gasteiger partial charge in [-0.25, -0.2) is 13.2 Å². The number of pyridine rings is 1. The Bertz CT molecular complexity index is 1410. The van der Waals surface area contributed by atoms with Gasteiger partial charge in [0.05, 0.1) is 17.1 Å². The van der Waals surface area contributed by atoms with Crippen molar-refractivity contribution in [2.45, 2.75) is 70.9 Å². The number of aliphatic hydroxyl groups excluding tert-OH is 1. The van der Waals surface area contributed by atoms with Crippen LogP contribution in [-0.2, 0) is 4.79 Å². The molecule has 1 unspecified atom stereocenters. The van der Waals surface area contributed by atoms with Crippen LogP contribution in [0.1, 0.15) is 63.6 Å². The van der Waals surface area contributed by atoms with E-state index in [4.69, 9.17) is 9.47 Å². The lowest BCUT2D eigenvalue weighted by Crippen LogP contribution is -2.40. The number of halogens is 3. The van der Waals surface area contributed by atoms with E-state index in [0.717, 1.165) is 12.5 Å². The molecule has 3 aromatic rings. The molecule has 0 bridgehead atoms. The number of hydrogen-bond acceptors (Lipinski definition) is 7. The van der Waals surface area contributed by atoms with E-state index in [-0.39, 0.29) is 23.7 Å². The first-order valence-corrected chi connectivity index (χ1v) is 14.4. The van der Waals surface area contributed by atoms with E-state index in [1.165, 1.54) is 12.1 Å². The number of nitrogens with one attached hydrogen (secondary N) is 1. The summed E-state index contributed by atoms with van der Waals surface area (Å²) in [6.07, 6.45) is -0.0421. The second-order valence-electron chi connectivity index (χ2n) is 11.1. The van der Waals surface area contributed by atoms with Crippen molar-refractivity contribution in [2.75, 3.05) is 31.5 Å². The van der Waals surface area contributed by atoms with E-state index in [1.807, 2.05) is 17.0 Å². The van der Waals surface area contributed by atoms with Crippen molar-refractivity contribution in [1.82, 2.24) is 14.8 Å². The molecule has 2 N–H and O–H groups in total. The molecule has 2 aromatic carbocycles. The van der Waals surface area contributed by atoms with Gasteiger partial charge >= 0.3 is 0 Å². The number of nitrogens with zero attached hydrogens (tertiary/aromatic N) is 3. The average Bonchev–Trinajstić information content (AvgIpc) is 3.43. The molecular weight excluding hydrogens is 549 g/mol. The molecule has 1 aromatic heterocycles. The van der Waals surface area contributed by atoms with Gasteiger partial charge in [0.25, 0.3) is 6.43 Å². The number of aliphatic hydroxyl groups is 1. The van der Waals surface area contributed by atoms with E-state index < -0.39 is 30.1 Å². The van der Waals surface area contributed by atoms with Gasteiger partial charge < -0.3 is 24.8 Å². The van der Waals surface area contributed by atoms with Crippen LogP contribution in [-0.4, -0.2) is 70.4 Å². The first kappa shape index (κ1) is 29.9. The molecule has 0 radical (unpaired) electrons. The smallest absolute Gasteiger partial charge is 0.266 e. The van der Waals surface area contributed by atoms with Crippen molar-refractivity contribution in [2.24, 2.45) is 0 Å². The number of alkyl halides is 2. The van der Waals surface area contributed by atoms with Crippen LogP contribution >= 0.6 is 0 Å². The Morgan fingerprint density at radius 3 is 2.36 bits per heavy atom. The summed E-state index contributed by atoms with van der Waals surface area (Å²) in [5.41, 5.74) is 0.762. The molecular formula is C31H37F3N4O4. The number of aromatic nitrogens is 1. The molecule has 2 aliphatic rings. The van der Waals surface area contributed by atoms with E-state index in [9.17, 15) is 23.1 Å². The minimum Gasteiger partial charge on any atom is -0.486 e. The van der Waals surface area contributed by atoms with Gasteiger partial charge in [0.15, 0.2) is 11.5 Å². The number of anilines is 1. The maximum absolute atomic E-state index is 14.9. The van der Waals surface area contributed by atoms with Crippen LogP contribution in [0.3, 0.4) is 0 Å². The Hall–Kier alpha value is -3.57. The molecule has 11 heteroatoms. The fraction of sp³-hybridized carbons (Fsp3) is 0.484. The van der Waals surface area contributed by atoms with Gasteiger partial charge in [0, 0.05) is 74.8 Å². The number of carbonyl (C=O) groups excluding carboxylic acids is 1. The van der Waals surface area contributed by atoms with Crippen molar-refractivity contribution < 1.29 is 32.5 Å². The number of fused-ring (bicyclic) bond motifs is 1. The summed E-state index contributed by atoms with van der Waals surface area (Å²) in [4.78, 5) is 20.0. The number of carbonyl (C=O) groups is 1. The molecule has 0 saturated carbocycles.